The molecule has 4 N–H and O–H groups in total. The van der Waals surface area contributed by atoms with Crippen LogP contribution in [0.4, 0.5) is 0 Å². The van der Waals surface area contributed by atoms with Crippen LogP contribution in [0.15, 0.2) is 30.3 Å². The number of hydrogen-bond acceptors (Lipinski definition) is 4. The van der Waals surface area contributed by atoms with E-state index in [0.717, 1.165) is 18.4 Å². The summed E-state index contributed by atoms with van der Waals surface area (Å²) in [6, 6.07) is 8.83. The number of rotatable bonds is 9. The van der Waals surface area contributed by atoms with Gasteiger partial charge in [-0.05, 0) is 31.4 Å². The topological polar surface area (TPSA) is 86.2 Å². The molecule has 103 valence electrons. The first-order valence-corrected chi connectivity index (χ1v) is 6.60. The molecule has 4 heteroatoms. The van der Waals surface area contributed by atoms with Crippen molar-refractivity contribution in [2.24, 2.45) is 17.4 Å². The maximum Gasteiger partial charge on any atom is 0.209 e. The number of unbranched alkanes of at least 4 members (excludes halogenated alkanes) is 1. The largest absolute Gasteiger partial charge is 0.330 e. The van der Waals surface area contributed by atoms with Crippen LogP contribution in [0.1, 0.15) is 24.8 Å². The SMILES string of the molecule is NCCCC[C@@H](N)C(=O)C([C]=O)Cc1ccccc1. The number of nitrogens with two attached hydrogens (primary N) is 2. The van der Waals surface area contributed by atoms with Gasteiger partial charge in [-0.3, -0.25) is 9.59 Å². The molecule has 0 bridgehead atoms. The lowest BCUT2D eigenvalue weighted by Gasteiger charge is -2.14. The molecule has 0 spiro atoms. The molecule has 2 atom stereocenters. The zero-order chi connectivity index (χ0) is 14.1. The summed E-state index contributed by atoms with van der Waals surface area (Å²) in [5.74, 6) is -0.994. The molecule has 0 amide bonds. The van der Waals surface area contributed by atoms with E-state index in [1.165, 1.54) is 0 Å². The minimum Gasteiger partial charge on any atom is -0.330 e. The van der Waals surface area contributed by atoms with E-state index in [-0.39, 0.29) is 5.78 Å². The van der Waals surface area contributed by atoms with Crippen molar-refractivity contribution in [1.82, 2.24) is 0 Å². The Morgan fingerprint density at radius 1 is 1.21 bits per heavy atom. The van der Waals surface area contributed by atoms with Gasteiger partial charge in [-0.2, -0.15) is 0 Å². The normalized spacial score (nSPS) is 13.8. The molecule has 0 heterocycles. The third kappa shape index (κ3) is 5.32. The smallest absolute Gasteiger partial charge is 0.209 e. The summed E-state index contributed by atoms with van der Waals surface area (Å²) in [5, 5.41) is 0. The molecule has 1 radical (unpaired) electrons. The predicted molar refractivity (Wildman–Crippen MR) is 75.2 cm³/mol. The second-order valence-electron chi connectivity index (χ2n) is 4.65. The highest BCUT2D eigenvalue weighted by Gasteiger charge is 2.24. The standard InChI is InChI=1S/C15H21N2O2/c16-9-5-4-8-14(17)15(19)13(11-18)10-12-6-2-1-3-7-12/h1-3,6-7,13-14H,4-5,8-10,16-17H2/t13?,14-/m1/s1. The van der Waals surface area contributed by atoms with Crippen LogP contribution in [0.25, 0.3) is 0 Å². The molecule has 1 rings (SSSR count). The fourth-order valence-corrected chi connectivity index (χ4v) is 1.96. The van der Waals surface area contributed by atoms with Gasteiger partial charge < -0.3 is 11.5 Å². The Kier molecular flexibility index (Phi) is 7.00. The van der Waals surface area contributed by atoms with Crippen molar-refractivity contribution in [2.75, 3.05) is 6.54 Å². The van der Waals surface area contributed by atoms with Gasteiger partial charge in [0.1, 0.15) is 0 Å². The third-order valence-corrected chi connectivity index (χ3v) is 3.10. The Hall–Kier alpha value is -1.52. The van der Waals surface area contributed by atoms with E-state index in [4.69, 9.17) is 11.5 Å². The monoisotopic (exact) mass is 261 g/mol. The fraction of sp³-hybridized carbons (Fsp3) is 0.467. The Labute approximate surface area is 114 Å². The molecule has 19 heavy (non-hydrogen) atoms. The van der Waals surface area contributed by atoms with E-state index in [2.05, 4.69) is 0 Å². The van der Waals surface area contributed by atoms with E-state index in [1.54, 1.807) is 0 Å². The Bertz CT molecular complexity index is 392. The molecule has 1 aromatic rings. The van der Waals surface area contributed by atoms with Crippen LogP contribution < -0.4 is 11.5 Å². The van der Waals surface area contributed by atoms with Crippen LogP contribution >= 0.6 is 0 Å². The van der Waals surface area contributed by atoms with E-state index >= 15 is 0 Å². The van der Waals surface area contributed by atoms with Gasteiger partial charge in [-0.1, -0.05) is 36.8 Å². The van der Waals surface area contributed by atoms with E-state index < -0.39 is 12.0 Å². The van der Waals surface area contributed by atoms with Crippen molar-refractivity contribution in [3.63, 3.8) is 0 Å². The van der Waals surface area contributed by atoms with Crippen molar-refractivity contribution >= 4 is 12.1 Å². The highest BCUT2D eigenvalue weighted by Crippen LogP contribution is 2.11. The first kappa shape index (κ1) is 15.5. The predicted octanol–water partition coefficient (Wildman–Crippen LogP) is 0.980. The highest BCUT2D eigenvalue weighted by molar-refractivity contribution is 5.97. The molecular weight excluding hydrogens is 240 g/mol. The molecule has 0 aliphatic carbocycles. The van der Waals surface area contributed by atoms with Crippen LogP contribution in [0, 0.1) is 5.92 Å². The van der Waals surface area contributed by atoms with E-state index in [9.17, 15) is 9.59 Å². The summed E-state index contributed by atoms with van der Waals surface area (Å²) in [7, 11) is 0. The van der Waals surface area contributed by atoms with Crippen LogP contribution in [0.2, 0.25) is 0 Å². The molecule has 0 aromatic heterocycles. The molecular formula is C15H21N2O2. The lowest BCUT2D eigenvalue weighted by atomic mass is 9.91. The minimum absolute atomic E-state index is 0.226. The molecule has 0 aliphatic rings. The van der Waals surface area contributed by atoms with Gasteiger partial charge >= 0.3 is 0 Å². The van der Waals surface area contributed by atoms with Gasteiger partial charge in [0.2, 0.25) is 6.29 Å². The van der Waals surface area contributed by atoms with Gasteiger partial charge in [0.05, 0.1) is 12.0 Å². The van der Waals surface area contributed by atoms with Crippen molar-refractivity contribution in [2.45, 2.75) is 31.7 Å². The Balaban J connectivity index is 2.54. The fourth-order valence-electron chi connectivity index (χ4n) is 1.96. The van der Waals surface area contributed by atoms with Crippen LogP contribution in [0.3, 0.4) is 0 Å². The lowest BCUT2D eigenvalue weighted by Crippen LogP contribution is -2.37. The Morgan fingerprint density at radius 2 is 1.89 bits per heavy atom. The molecule has 1 aromatic carbocycles. The van der Waals surface area contributed by atoms with E-state index in [0.29, 0.717) is 19.4 Å². The summed E-state index contributed by atoms with van der Waals surface area (Å²) >= 11 is 0. The molecule has 0 saturated heterocycles. The molecule has 1 unspecified atom stereocenters. The number of carbonyl (C=O) groups excluding carboxylic acids is 2. The summed E-state index contributed by atoms with van der Waals surface area (Å²) in [6.07, 6.45) is 4.41. The zero-order valence-electron chi connectivity index (χ0n) is 11.0. The molecule has 0 fully saturated rings. The summed E-state index contributed by atoms with van der Waals surface area (Å²) in [5.41, 5.74) is 12.2. The maximum absolute atomic E-state index is 12.1. The van der Waals surface area contributed by atoms with Gasteiger partial charge in [0, 0.05) is 0 Å². The highest BCUT2D eigenvalue weighted by atomic mass is 16.1. The maximum atomic E-state index is 12.1. The van der Waals surface area contributed by atoms with Crippen molar-refractivity contribution < 1.29 is 9.59 Å². The zero-order valence-corrected chi connectivity index (χ0v) is 11.0. The molecule has 4 nitrogen and oxygen atoms in total. The number of Topliss-reactive ketones (excluding diaryl/α,β-unsaturated/α-hetero) is 1. The second-order valence-corrected chi connectivity index (χ2v) is 4.65. The first-order valence-electron chi connectivity index (χ1n) is 6.60. The van der Waals surface area contributed by atoms with Crippen molar-refractivity contribution in [1.29, 1.82) is 0 Å². The third-order valence-electron chi connectivity index (χ3n) is 3.10. The van der Waals surface area contributed by atoms with Crippen molar-refractivity contribution in [3.8, 4) is 0 Å². The summed E-state index contributed by atoms with van der Waals surface area (Å²) < 4.78 is 0. The van der Waals surface area contributed by atoms with Gasteiger partial charge in [-0.25, -0.2) is 0 Å². The minimum atomic E-state index is -0.768. The quantitative estimate of drug-likeness (QED) is 0.512. The molecule has 0 aliphatic heterocycles. The number of ketones is 1. The number of hydrogen-bond donors (Lipinski definition) is 2. The van der Waals surface area contributed by atoms with Gasteiger partial charge in [-0.15, -0.1) is 0 Å². The van der Waals surface area contributed by atoms with E-state index in [1.807, 2.05) is 36.6 Å². The number of benzene rings is 1. The second kappa shape index (κ2) is 8.56. The van der Waals surface area contributed by atoms with Gasteiger partial charge in [0.25, 0.3) is 0 Å². The van der Waals surface area contributed by atoms with Crippen molar-refractivity contribution in [3.05, 3.63) is 35.9 Å². The number of carbonyl (C=O) groups is 1. The summed E-state index contributed by atoms with van der Waals surface area (Å²) in [6.45, 7) is 0.591. The van der Waals surface area contributed by atoms with Crippen LogP contribution in [0.5, 0.6) is 0 Å². The van der Waals surface area contributed by atoms with Gasteiger partial charge in [0.15, 0.2) is 5.78 Å². The lowest BCUT2D eigenvalue weighted by molar-refractivity contribution is -0.122. The average Bonchev–Trinajstić information content (AvgIpc) is 2.45. The van der Waals surface area contributed by atoms with Crippen LogP contribution in [-0.2, 0) is 16.0 Å². The Morgan fingerprint density at radius 3 is 2.47 bits per heavy atom. The molecule has 0 saturated carbocycles. The summed E-state index contributed by atoms with van der Waals surface area (Å²) in [4.78, 5) is 23.0. The first-order chi connectivity index (χ1) is 9.19. The van der Waals surface area contributed by atoms with Crippen LogP contribution in [-0.4, -0.2) is 24.7 Å². The average molecular weight is 261 g/mol.